The van der Waals surface area contributed by atoms with Crippen LogP contribution in [0.2, 0.25) is 0 Å². The van der Waals surface area contributed by atoms with Gasteiger partial charge in [-0.25, -0.2) is 9.59 Å². The van der Waals surface area contributed by atoms with E-state index in [4.69, 9.17) is 0 Å². The number of nitrogens with zero attached hydrogens (tertiary/aromatic N) is 5. The Labute approximate surface area is 157 Å². The van der Waals surface area contributed by atoms with Gasteiger partial charge in [0.2, 0.25) is 0 Å². The molecule has 2 heterocycles. The molecule has 1 saturated carbocycles. The number of nitriles is 1. The Morgan fingerprint density at radius 2 is 1.67 bits per heavy atom. The van der Waals surface area contributed by atoms with Crippen molar-refractivity contribution in [2.24, 2.45) is 14.1 Å². The van der Waals surface area contributed by atoms with Crippen LogP contribution in [0.25, 0.3) is 0 Å². The Kier molecular flexibility index (Phi) is 5.54. The Morgan fingerprint density at radius 1 is 1.04 bits per heavy atom. The molecular formula is C18H26N6O3. The van der Waals surface area contributed by atoms with Crippen LogP contribution in [0.4, 0.5) is 10.6 Å². The smallest absolute Gasteiger partial charge is 0.332 e. The molecule has 1 aromatic rings. The van der Waals surface area contributed by atoms with E-state index >= 15 is 0 Å². The molecular weight excluding hydrogens is 348 g/mol. The van der Waals surface area contributed by atoms with Gasteiger partial charge in [-0.15, -0.1) is 0 Å². The first kappa shape index (κ1) is 19.0. The molecule has 0 spiro atoms. The lowest BCUT2D eigenvalue weighted by Crippen LogP contribution is -2.55. The Balaban J connectivity index is 1.71. The van der Waals surface area contributed by atoms with Crippen LogP contribution >= 0.6 is 0 Å². The highest BCUT2D eigenvalue weighted by Gasteiger charge is 2.27. The summed E-state index contributed by atoms with van der Waals surface area (Å²) in [5, 5.41) is 12.5. The van der Waals surface area contributed by atoms with E-state index in [1.807, 2.05) is 11.0 Å². The lowest BCUT2D eigenvalue weighted by Gasteiger charge is -2.37. The molecule has 0 aromatic carbocycles. The number of aromatic nitrogens is 2. The fourth-order valence-electron chi connectivity index (χ4n) is 3.94. The minimum absolute atomic E-state index is 0.0419. The molecule has 2 amide bonds. The maximum atomic E-state index is 12.5. The van der Waals surface area contributed by atoms with Gasteiger partial charge in [-0.05, 0) is 12.8 Å². The third kappa shape index (κ3) is 3.70. The third-order valence-electron chi connectivity index (χ3n) is 5.54. The van der Waals surface area contributed by atoms with Crippen molar-refractivity contribution < 1.29 is 4.79 Å². The first-order chi connectivity index (χ1) is 12.9. The molecule has 2 fully saturated rings. The molecule has 0 bridgehead atoms. The second-order valence-electron chi connectivity index (χ2n) is 7.27. The largest absolute Gasteiger partial charge is 0.353 e. The summed E-state index contributed by atoms with van der Waals surface area (Å²) in [4.78, 5) is 40.6. The zero-order chi connectivity index (χ0) is 19.6. The van der Waals surface area contributed by atoms with E-state index in [1.165, 1.54) is 18.0 Å². The molecule has 9 heteroatoms. The van der Waals surface area contributed by atoms with E-state index < -0.39 is 11.2 Å². The van der Waals surface area contributed by atoms with Crippen LogP contribution in [-0.4, -0.2) is 52.3 Å². The number of amides is 2. The van der Waals surface area contributed by atoms with Gasteiger partial charge in [-0.1, -0.05) is 19.3 Å². The summed E-state index contributed by atoms with van der Waals surface area (Å²) in [5.41, 5.74) is -1.10. The maximum Gasteiger partial charge on any atom is 0.332 e. The van der Waals surface area contributed by atoms with Gasteiger partial charge in [0.25, 0.3) is 5.56 Å². The summed E-state index contributed by atoms with van der Waals surface area (Å²) in [7, 11) is 2.92. The van der Waals surface area contributed by atoms with E-state index in [1.54, 1.807) is 11.9 Å². The molecule has 0 atom stereocenters. The number of hydrogen-bond donors (Lipinski definition) is 1. The quantitative estimate of drug-likeness (QED) is 0.792. The van der Waals surface area contributed by atoms with Crippen molar-refractivity contribution in [2.45, 2.75) is 38.1 Å². The number of urea groups is 1. The zero-order valence-electron chi connectivity index (χ0n) is 15.9. The zero-order valence-corrected chi connectivity index (χ0v) is 15.9. The third-order valence-corrected chi connectivity index (χ3v) is 5.54. The summed E-state index contributed by atoms with van der Waals surface area (Å²) in [6, 6.07) is 2.13. The Hall–Kier alpha value is -2.76. The molecule has 1 aliphatic heterocycles. The topological polar surface area (TPSA) is 103 Å². The van der Waals surface area contributed by atoms with E-state index in [-0.39, 0.29) is 17.6 Å². The van der Waals surface area contributed by atoms with E-state index in [0.717, 1.165) is 30.3 Å². The van der Waals surface area contributed by atoms with Crippen molar-refractivity contribution in [3.8, 4) is 6.07 Å². The second kappa shape index (κ2) is 7.86. The van der Waals surface area contributed by atoms with Crippen LogP contribution in [0, 0.1) is 11.3 Å². The van der Waals surface area contributed by atoms with Crippen LogP contribution in [0.5, 0.6) is 0 Å². The van der Waals surface area contributed by atoms with Crippen molar-refractivity contribution in [1.82, 2.24) is 19.4 Å². The molecule has 2 aliphatic rings. The molecule has 1 N–H and O–H groups in total. The van der Waals surface area contributed by atoms with E-state index in [2.05, 4.69) is 5.32 Å². The predicted molar refractivity (Wildman–Crippen MR) is 101 cm³/mol. The number of piperazine rings is 1. The highest BCUT2D eigenvalue weighted by atomic mass is 16.2. The van der Waals surface area contributed by atoms with Crippen molar-refractivity contribution in [2.75, 3.05) is 31.1 Å². The molecule has 0 unspecified atom stereocenters. The van der Waals surface area contributed by atoms with Gasteiger partial charge in [0.05, 0.1) is 0 Å². The average molecular weight is 374 g/mol. The number of carbonyl (C=O) groups is 1. The van der Waals surface area contributed by atoms with Gasteiger partial charge in [0, 0.05) is 46.3 Å². The van der Waals surface area contributed by atoms with Gasteiger partial charge in [0.15, 0.2) is 5.56 Å². The molecule has 1 aliphatic carbocycles. The number of rotatable bonds is 2. The molecule has 0 radical (unpaired) electrons. The highest BCUT2D eigenvalue weighted by molar-refractivity contribution is 5.75. The number of anilines is 1. The molecule has 1 saturated heterocycles. The molecule has 1 aromatic heterocycles. The van der Waals surface area contributed by atoms with Crippen molar-refractivity contribution in [1.29, 1.82) is 5.26 Å². The van der Waals surface area contributed by atoms with Crippen LogP contribution in [-0.2, 0) is 14.1 Å². The monoisotopic (exact) mass is 374 g/mol. The number of hydrogen-bond acceptors (Lipinski definition) is 5. The lowest BCUT2D eigenvalue weighted by atomic mass is 9.96. The summed E-state index contributed by atoms with van der Waals surface area (Å²) in [6.45, 7) is 1.89. The van der Waals surface area contributed by atoms with Crippen molar-refractivity contribution in [3.05, 3.63) is 26.4 Å². The van der Waals surface area contributed by atoms with E-state index in [9.17, 15) is 19.6 Å². The van der Waals surface area contributed by atoms with Crippen LogP contribution in [0.1, 0.15) is 37.7 Å². The number of carbonyl (C=O) groups excluding carboxylic acids is 1. The molecule has 146 valence electrons. The van der Waals surface area contributed by atoms with Gasteiger partial charge in [-0.2, -0.15) is 5.26 Å². The second-order valence-corrected chi connectivity index (χ2v) is 7.27. The summed E-state index contributed by atoms with van der Waals surface area (Å²) in [6.07, 6.45) is 5.63. The predicted octanol–water partition coefficient (Wildman–Crippen LogP) is 0.120. The minimum atomic E-state index is -0.590. The van der Waals surface area contributed by atoms with Crippen LogP contribution in [0.15, 0.2) is 9.59 Å². The fourth-order valence-corrected chi connectivity index (χ4v) is 3.94. The average Bonchev–Trinajstić information content (AvgIpc) is 2.70. The molecule has 9 nitrogen and oxygen atoms in total. The van der Waals surface area contributed by atoms with Gasteiger partial charge >= 0.3 is 11.7 Å². The first-order valence-electron chi connectivity index (χ1n) is 9.44. The van der Waals surface area contributed by atoms with Gasteiger partial charge in [0.1, 0.15) is 11.9 Å². The SMILES string of the molecule is Cn1c(N2CCN(C(=O)NC3CCCCC3)CC2)c(C#N)c(=O)n(C)c1=O. The normalized spacial score (nSPS) is 18.3. The van der Waals surface area contributed by atoms with Gasteiger partial charge in [-0.3, -0.25) is 13.9 Å². The Morgan fingerprint density at radius 3 is 2.26 bits per heavy atom. The van der Waals surface area contributed by atoms with Crippen LogP contribution < -0.4 is 21.5 Å². The molecule has 27 heavy (non-hydrogen) atoms. The standard InChI is InChI=1S/C18H26N6O3/c1-21-15(14(12-19)16(25)22(2)18(21)27)23-8-10-24(11-9-23)17(26)20-13-6-4-3-5-7-13/h13H,3-11H2,1-2H3,(H,20,26). The first-order valence-corrected chi connectivity index (χ1v) is 9.44. The van der Waals surface area contributed by atoms with Gasteiger partial charge < -0.3 is 15.1 Å². The van der Waals surface area contributed by atoms with Crippen molar-refractivity contribution >= 4 is 11.8 Å². The summed E-state index contributed by atoms with van der Waals surface area (Å²) in [5.74, 6) is 0.331. The highest BCUT2D eigenvalue weighted by Crippen LogP contribution is 2.19. The maximum absolute atomic E-state index is 12.5. The Bertz CT molecular complexity index is 867. The minimum Gasteiger partial charge on any atom is -0.353 e. The number of nitrogens with one attached hydrogen (secondary N) is 1. The lowest BCUT2D eigenvalue weighted by molar-refractivity contribution is 0.186. The van der Waals surface area contributed by atoms with E-state index in [0.29, 0.717) is 32.0 Å². The van der Waals surface area contributed by atoms with Crippen LogP contribution in [0.3, 0.4) is 0 Å². The fraction of sp³-hybridized carbons (Fsp3) is 0.667. The summed E-state index contributed by atoms with van der Waals surface area (Å²) < 4.78 is 2.27. The van der Waals surface area contributed by atoms with Crippen molar-refractivity contribution in [3.63, 3.8) is 0 Å². The summed E-state index contributed by atoms with van der Waals surface area (Å²) >= 11 is 0. The molecule has 3 rings (SSSR count).